The third-order valence-electron chi connectivity index (χ3n) is 5.52. The van der Waals surface area contributed by atoms with E-state index in [0.29, 0.717) is 19.4 Å². The maximum absolute atomic E-state index is 12.1. The van der Waals surface area contributed by atoms with E-state index in [2.05, 4.69) is 10.6 Å². The number of benzene rings is 1. The summed E-state index contributed by atoms with van der Waals surface area (Å²) in [6.45, 7) is 7.64. The molecule has 0 aliphatic carbocycles. The van der Waals surface area contributed by atoms with Gasteiger partial charge in [0.1, 0.15) is 0 Å². The SMILES string of the molecule is CCNC(=NCc1ccc(N2CCCCC2=O)cc1)NC1CCN(C(=O)CC)C1.I. The maximum Gasteiger partial charge on any atom is 0.226 e. The molecule has 1 unspecified atom stereocenters. The molecule has 2 N–H and O–H groups in total. The normalized spacial score (nSPS) is 19.5. The number of rotatable bonds is 6. The van der Waals surface area contributed by atoms with E-state index in [1.165, 1.54) is 0 Å². The van der Waals surface area contributed by atoms with Crippen molar-refractivity contribution in [2.75, 3.05) is 31.1 Å². The zero-order chi connectivity index (χ0) is 20.6. The van der Waals surface area contributed by atoms with Crippen LogP contribution in [0.4, 0.5) is 5.69 Å². The molecule has 2 aliphatic heterocycles. The Morgan fingerprint density at radius 3 is 2.60 bits per heavy atom. The maximum atomic E-state index is 12.1. The third-order valence-corrected chi connectivity index (χ3v) is 5.52. The van der Waals surface area contributed by atoms with Crippen LogP contribution in [-0.2, 0) is 16.1 Å². The first-order chi connectivity index (χ1) is 14.1. The first-order valence-electron chi connectivity index (χ1n) is 10.8. The van der Waals surface area contributed by atoms with Gasteiger partial charge in [-0.05, 0) is 43.9 Å². The van der Waals surface area contributed by atoms with Crippen molar-refractivity contribution < 1.29 is 9.59 Å². The van der Waals surface area contributed by atoms with Gasteiger partial charge in [0.15, 0.2) is 5.96 Å². The highest BCUT2D eigenvalue weighted by molar-refractivity contribution is 14.0. The molecule has 2 heterocycles. The zero-order valence-corrected chi connectivity index (χ0v) is 20.4. The molecule has 1 aromatic carbocycles. The van der Waals surface area contributed by atoms with E-state index in [4.69, 9.17) is 4.99 Å². The molecule has 2 fully saturated rings. The molecule has 0 aromatic heterocycles. The number of guanidine groups is 1. The predicted molar refractivity (Wildman–Crippen MR) is 131 cm³/mol. The second-order valence-corrected chi connectivity index (χ2v) is 7.69. The van der Waals surface area contributed by atoms with Crippen LogP contribution in [0.25, 0.3) is 0 Å². The largest absolute Gasteiger partial charge is 0.357 e. The van der Waals surface area contributed by atoms with Gasteiger partial charge in [-0.3, -0.25) is 9.59 Å². The number of hydrogen-bond donors (Lipinski definition) is 2. The monoisotopic (exact) mass is 527 g/mol. The van der Waals surface area contributed by atoms with Crippen LogP contribution in [-0.4, -0.2) is 54.9 Å². The van der Waals surface area contributed by atoms with Gasteiger partial charge in [-0.25, -0.2) is 4.99 Å². The third kappa shape index (κ3) is 6.58. The van der Waals surface area contributed by atoms with Crippen molar-refractivity contribution in [3.63, 3.8) is 0 Å². The summed E-state index contributed by atoms with van der Waals surface area (Å²) < 4.78 is 0. The summed E-state index contributed by atoms with van der Waals surface area (Å²) in [5.41, 5.74) is 2.07. The molecule has 0 radical (unpaired) electrons. The lowest BCUT2D eigenvalue weighted by molar-refractivity contribution is -0.129. The summed E-state index contributed by atoms with van der Waals surface area (Å²) in [4.78, 5) is 32.5. The Morgan fingerprint density at radius 1 is 1.17 bits per heavy atom. The van der Waals surface area contributed by atoms with Gasteiger partial charge in [0.25, 0.3) is 0 Å². The lowest BCUT2D eigenvalue weighted by atomic mass is 10.1. The van der Waals surface area contributed by atoms with Crippen molar-refractivity contribution in [3.8, 4) is 0 Å². The molecule has 30 heavy (non-hydrogen) atoms. The molecule has 0 bridgehead atoms. The zero-order valence-electron chi connectivity index (χ0n) is 18.0. The minimum absolute atomic E-state index is 0. The van der Waals surface area contributed by atoms with Crippen LogP contribution in [0.2, 0.25) is 0 Å². The number of piperidine rings is 1. The van der Waals surface area contributed by atoms with Crippen molar-refractivity contribution in [3.05, 3.63) is 29.8 Å². The van der Waals surface area contributed by atoms with Crippen molar-refractivity contribution >= 4 is 47.4 Å². The van der Waals surface area contributed by atoms with E-state index in [1.54, 1.807) is 0 Å². The molecule has 166 valence electrons. The predicted octanol–water partition coefficient (Wildman–Crippen LogP) is 2.89. The number of nitrogens with one attached hydrogen (secondary N) is 2. The molecule has 7 nitrogen and oxygen atoms in total. The summed E-state index contributed by atoms with van der Waals surface area (Å²) in [5, 5.41) is 6.75. The fraction of sp³-hybridized carbons (Fsp3) is 0.591. The van der Waals surface area contributed by atoms with Gasteiger partial charge in [-0.2, -0.15) is 0 Å². The smallest absolute Gasteiger partial charge is 0.226 e. The van der Waals surface area contributed by atoms with Crippen LogP contribution in [0.15, 0.2) is 29.3 Å². The second-order valence-electron chi connectivity index (χ2n) is 7.69. The van der Waals surface area contributed by atoms with E-state index in [0.717, 1.165) is 62.7 Å². The summed E-state index contributed by atoms with van der Waals surface area (Å²) >= 11 is 0. The fourth-order valence-electron chi connectivity index (χ4n) is 3.87. The molecule has 2 saturated heterocycles. The van der Waals surface area contributed by atoms with Crippen LogP contribution < -0.4 is 15.5 Å². The topological polar surface area (TPSA) is 77.0 Å². The number of nitrogens with zero attached hydrogens (tertiary/aromatic N) is 3. The van der Waals surface area contributed by atoms with Crippen LogP contribution >= 0.6 is 24.0 Å². The summed E-state index contributed by atoms with van der Waals surface area (Å²) in [7, 11) is 0. The number of carbonyl (C=O) groups is 2. The lowest BCUT2D eigenvalue weighted by Crippen LogP contribution is -2.45. The summed E-state index contributed by atoms with van der Waals surface area (Å²) in [6, 6.07) is 8.35. The number of hydrogen-bond acceptors (Lipinski definition) is 3. The molecule has 8 heteroatoms. The first-order valence-corrected chi connectivity index (χ1v) is 10.8. The second kappa shape index (κ2) is 12.1. The first kappa shape index (κ1) is 24.4. The molecule has 1 atom stereocenters. The highest BCUT2D eigenvalue weighted by Crippen LogP contribution is 2.21. The molecule has 1 aromatic rings. The van der Waals surface area contributed by atoms with E-state index in [9.17, 15) is 9.59 Å². The Labute approximate surface area is 196 Å². The van der Waals surface area contributed by atoms with Crippen molar-refractivity contribution in [1.29, 1.82) is 0 Å². The Balaban J connectivity index is 0.00000320. The summed E-state index contributed by atoms with van der Waals surface area (Å²) in [6.07, 6.45) is 4.20. The van der Waals surface area contributed by atoms with E-state index >= 15 is 0 Å². The number of amides is 2. The number of halogens is 1. The number of aliphatic imine (C=N–C) groups is 1. The quantitative estimate of drug-likeness (QED) is 0.339. The van der Waals surface area contributed by atoms with Crippen LogP contribution in [0.1, 0.15) is 51.5 Å². The molecule has 2 aliphatic rings. The van der Waals surface area contributed by atoms with Crippen molar-refractivity contribution in [2.45, 2.75) is 58.5 Å². The van der Waals surface area contributed by atoms with Gasteiger partial charge in [-0.1, -0.05) is 19.1 Å². The van der Waals surface area contributed by atoms with Gasteiger partial charge in [-0.15, -0.1) is 24.0 Å². The van der Waals surface area contributed by atoms with Gasteiger partial charge in [0.2, 0.25) is 11.8 Å². The van der Waals surface area contributed by atoms with Crippen LogP contribution in [0, 0.1) is 0 Å². The standard InChI is InChI=1S/C22H33N5O2.HI/c1-3-20(28)26-14-12-18(16-26)25-22(23-4-2)24-15-17-8-10-19(11-9-17)27-13-6-5-7-21(27)29;/h8-11,18H,3-7,12-16H2,1-2H3,(H2,23,24,25);1H. The lowest BCUT2D eigenvalue weighted by Gasteiger charge is -2.26. The minimum Gasteiger partial charge on any atom is -0.357 e. The Bertz CT molecular complexity index is 738. The molecule has 0 saturated carbocycles. The van der Waals surface area contributed by atoms with Gasteiger partial charge >= 0.3 is 0 Å². The average Bonchev–Trinajstić information content (AvgIpc) is 3.21. The van der Waals surface area contributed by atoms with E-state index in [1.807, 2.05) is 47.9 Å². The van der Waals surface area contributed by atoms with Gasteiger partial charge in [0, 0.05) is 50.7 Å². The van der Waals surface area contributed by atoms with Crippen molar-refractivity contribution in [1.82, 2.24) is 15.5 Å². The number of likely N-dealkylation sites (tertiary alicyclic amines) is 1. The van der Waals surface area contributed by atoms with Crippen LogP contribution in [0.5, 0.6) is 0 Å². The molecule has 2 amide bonds. The number of anilines is 1. The van der Waals surface area contributed by atoms with Gasteiger partial charge < -0.3 is 20.4 Å². The highest BCUT2D eigenvalue weighted by atomic mass is 127. The van der Waals surface area contributed by atoms with Crippen LogP contribution in [0.3, 0.4) is 0 Å². The molecule has 3 rings (SSSR count). The minimum atomic E-state index is 0. The van der Waals surface area contributed by atoms with E-state index in [-0.39, 0.29) is 41.8 Å². The fourth-order valence-corrected chi connectivity index (χ4v) is 3.87. The molecule has 0 spiro atoms. The Hall–Kier alpha value is -1.84. The van der Waals surface area contributed by atoms with Gasteiger partial charge in [0.05, 0.1) is 6.54 Å². The number of carbonyl (C=O) groups excluding carboxylic acids is 2. The summed E-state index contributed by atoms with van der Waals surface area (Å²) in [5.74, 6) is 1.20. The Kier molecular flexibility index (Phi) is 9.87. The molecular weight excluding hydrogens is 493 g/mol. The average molecular weight is 527 g/mol. The van der Waals surface area contributed by atoms with Crippen molar-refractivity contribution in [2.24, 2.45) is 4.99 Å². The highest BCUT2D eigenvalue weighted by Gasteiger charge is 2.25. The molecular formula is C22H34IN5O2. The Morgan fingerprint density at radius 2 is 1.93 bits per heavy atom. The van der Waals surface area contributed by atoms with E-state index < -0.39 is 0 Å².